The molecule has 0 bridgehead atoms. The summed E-state index contributed by atoms with van der Waals surface area (Å²) in [7, 11) is -0.00628. The second-order valence-electron chi connectivity index (χ2n) is 9.18. The molecule has 38 heavy (non-hydrogen) atoms. The van der Waals surface area contributed by atoms with Gasteiger partial charge in [-0.05, 0) is 45.9 Å². The number of methoxy groups -OCH3 is 1. The van der Waals surface area contributed by atoms with Gasteiger partial charge < -0.3 is 23.9 Å². The number of ether oxygens (including phenoxy) is 1. The summed E-state index contributed by atoms with van der Waals surface area (Å²) in [6, 6.07) is 10.5. The third kappa shape index (κ3) is 7.41. The lowest BCUT2D eigenvalue weighted by Gasteiger charge is -2.38. The van der Waals surface area contributed by atoms with Crippen molar-refractivity contribution in [2.45, 2.75) is 69.5 Å². The molecule has 0 spiro atoms. The zero-order chi connectivity index (χ0) is 28.5. The smallest absolute Gasteiger partial charge is 0.350 e. The highest BCUT2D eigenvalue weighted by molar-refractivity contribution is 8.00. The number of anilines is 1. The van der Waals surface area contributed by atoms with E-state index >= 15 is 0 Å². The number of nitrogens with one attached hydrogen (secondary N) is 1. The molecule has 1 unspecified atom stereocenters. The molecule has 1 saturated heterocycles. The maximum absolute atomic E-state index is 13.1. The summed E-state index contributed by atoms with van der Waals surface area (Å²) in [6.45, 7) is 15.8. The third-order valence-corrected chi connectivity index (χ3v) is 9.32. The van der Waals surface area contributed by atoms with Crippen LogP contribution in [0.25, 0.3) is 4.85 Å². The van der Waals surface area contributed by atoms with E-state index in [2.05, 4.69) is 47.5 Å². The molecule has 0 radical (unpaired) electrons. The second-order valence-corrected chi connectivity index (χ2v) is 11.9. The number of carbonyl (C=O) groups excluding carboxylic acids is 1. The number of hydrogen-bond acceptors (Lipinski definition) is 8. The minimum absolute atomic E-state index is 0.0493. The lowest BCUT2D eigenvalue weighted by molar-refractivity contribution is -0.00753. The number of amides is 1. The van der Waals surface area contributed by atoms with Gasteiger partial charge in [0.1, 0.15) is 30.0 Å². The van der Waals surface area contributed by atoms with Crippen LogP contribution in [-0.4, -0.2) is 69.9 Å². The molecule has 12 heteroatoms. The number of aromatic nitrogens is 2. The van der Waals surface area contributed by atoms with E-state index in [1.807, 2.05) is 6.07 Å². The van der Waals surface area contributed by atoms with E-state index < -0.39 is 31.8 Å². The topological polar surface area (TPSA) is 99.3 Å². The molecule has 1 fully saturated rings. The number of rotatable bonds is 12. The van der Waals surface area contributed by atoms with Crippen molar-refractivity contribution in [2.24, 2.45) is 0 Å². The predicted octanol–water partition coefficient (Wildman–Crippen LogP) is 4.81. The molecule has 0 aliphatic carbocycles. The van der Waals surface area contributed by atoms with Crippen molar-refractivity contribution in [3.8, 4) is 0 Å². The maximum Gasteiger partial charge on any atom is 0.350 e. The fraction of sp³-hybridized carbons (Fsp3) is 0.538. The molecular weight excluding hydrogens is 525 g/mol. The van der Waals surface area contributed by atoms with Crippen molar-refractivity contribution >= 4 is 32.0 Å². The maximum atomic E-state index is 13.1. The Balaban J connectivity index is 1.84. The molecule has 1 amide bonds. The first-order chi connectivity index (χ1) is 18.7. The molecular formula is C26H36N5O5PS. The Morgan fingerprint density at radius 3 is 2.55 bits per heavy atom. The van der Waals surface area contributed by atoms with Crippen LogP contribution in [0.4, 0.5) is 5.82 Å². The largest absolute Gasteiger partial charge is 0.376 e. The number of thioether (sulfide) groups is 1. The van der Waals surface area contributed by atoms with Gasteiger partial charge in [-0.3, -0.25) is 9.36 Å². The summed E-state index contributed by atoms with van der Waals surface area (Å²) < 4.78 is 30.3. The molecule has 206 valence electrons. The van der Waals surface area contributed by atoms with E-state index in [9.17, 15) is 9.59 Å². The number of hydrogen-bond donors (Lipinski definition) is 1. The van der Waals surface area contributed by atoms with Crippen LogP contribution in [0.2, 0.25) is 0 Å². The monoisotopic (exact) mass is 562 g/mol. The van der Waals surface area contributed by atoms with Gasteiger partial charge in [-0.25, -0.2) is 16.0 Å². The molecule has 5 atom stereocenters. The summed E-state index contributed by atoms with van der Waals surface area (Å²) in [5.41, 5.74) is -0.0918. The van der Waals surface area contributed by atoms with E-state index in [0.29, 0.717) is 5.56 Å². The molecule has 2 heterocycles. The van der Waals surface area contributed by atoms with E-state index in [4.69, 9.17) is 21.7 Å². The fourth-order valence-corrected chi connectivity index (χ4v) is 7.45. The Bertz CT molecular complexity index is 1170. The SMILES string of the molecule is [2H]C[C@H]1S[C@@H](n2ccc(NC(=O)c3ccccc3)nc2=O)[C@H](OC)[C@@H]1OP(OCC[N+]#[C-])N(C(C)C)C(C)C. The minimum atomic E-state index is -1.56. The lowest BCUT2D eigenvalue weighted by atomic mass is 10.1. The van der Waals surface area contributed by atoms with Crippen LogP contribution < -0.4 is 11.0 Å². The van der Waals surface area contributed by atoms with Crippen molar-refractivity contribution in [1.29, 1.82) is 0 Å². The van der Waals surface area contributed by atoms with Gasteiger partial charge in [-0.2, -0.15) is 4.98 Å². The summed E-state index contributed by atoms with van der Waals surface area (Å²) in [5.74, 6) is -0.215. The van der Waals surface area contributed by atoms with Crippen molar-refractivity contribution in [2.75, 3.05) is 25.6 Å². The normalized spacial score (nSPS) is 22.4. The van der Waals surface area contributed by atoms with Gasteiger partial charge in [0, 0.05) is 37.6 Å². The zero-order valence-corrected chi connectivity index (χ0v) is 24.0. The standard InChI is InChI=1S/C26H36N5O5PS/c1-17(2)31(18(3)4)37(35-16-14-27-6)36-22-19(5)38-25(23(22)34-7)30-15-13-21(29-26(30)33)28-24(32)20-11-9-8-10-12-20/h8-13,15,17-19,22-23,25H,14,16H2,1-5,7H3,(H,28,29,32,33)/t19-,22-,23-,25-,37?/m1/s1/i5D. The van der Waals surface area contributed by atoms with Gasteiger partial charge >= 0.3 is 5.69 Å². The first-order valence-electron chi connectivity index (χ1n) is 13.1. The molecule has 0 saturated carbocycles. The molecule has 1 aliphatic heterocycles. The van der Waals surface area contributed by atoms with Gasteiger partial charge in [0.2, 0.25) is 6.54 Å². The zero-order valence-electron chi connectivity index (χ0n) is 23.3. The Kier molecular flexibility index (Phi) is 10.7. The van der Waals surface area contributed by atoms with E-state index in [1.54, 1.807) is 43.6 Å². The molecule has 1 N–H and O–H groups in total. The highest BCUT2D eigenvalue weighted by atomic mass is 32.2. The van der Waals surface area contributed by atoms with E-state index in [0.717, 1.165) is 0 Å². The number of benzene rings is 1. The van der Waals surface area contributed by atoms with E-state index in [-0.39, 0.29) is 49.1 Å². The first-order valence-corrected chi connectivity index (χ1v) is 14.4. The molecule has 10 nitrogen and oxygen atoms in total. The number of carbonyl (C=O) groups is 1. The fourth-order valence-electron chi connectivity index (χ4n) is 4.16. The van der Waals surface area contributed by atoms with Gasteiger partial charge in [0.25, 0.3) is 14.4 Å². The molecule has 3 rings (SSSR count). The van der Waals surface area contributed by atoms with Crippen molar-refractivity contribution in [3.05, 3.63) is 70.1 Å². The van der Waals surface area contributed by atoms with Crippen LogP contribution in [0.5, 0.6) is 0 Å². The first kappa shape index (κ1) is 28.7. The second kappa shape index (κ2) is 14.2. The van der Waals surface area contributed by atoms with Crippen molar-refractivity contribution in [3.63, 3.8) is 0 Å². The van der Waals surface area contributed by atoms with Crippen LogP contribution in [0, 0.1) is 6.57 Å². The lowest BCUT2D eigenvalue weighted by Crippen LogP contribution is -2.40. The molecule has 1 aromatic carbocycles. The quantitative estimate of drug-likeness (QED) is 0.224. The Labute approximate surface area is 231 Å². The number of nitrogens with zero attached hydrogens (tertiary/aromatic N) is 4. The Morgan fingerprint density at radius 1 is 1.26 bits per heavy atom. The summed E-state index contributed by atoms with van der Waals surface area (Å²) >= 11 is 1.42. The average molecular weight is 563 g/mol. The van der Waals surface area contributed by atoms with Gasteiger partial charge in [-0.15, -0.1) is 11.8 Å². The van der Waals surface area contributed by atoms with Crippen LogP contribution in [-0.2, 0) is 13.8 Å². The van der Waals surface area contributed by atoms with Crippen molar-refractivity contribution in [1.82, 2.24) is 14.2 Å². The molecule has 1 aliphatic rings. The van der Waals surface area contributed by atoms with Crippen LogP contribution in [0.15, 0.2) is 47.4 Å². The van der Waals surface area contributed by atoms with E-state index in [1.165, 1.54) is 16.3 Å². The third-order valence-electron chi connectivity index (χ3n) is 5.80. The van der Waals surface area contributed by atoms with Crippen LogP contribution >= 0.6 is 20.3 Å². The Hall–Kier alpha value is -2.32. The predicted molar refractivity (Wildman–Crippen MR) is 151 cm³/mol. The van der Waals surface area contributed by atoms with Crippen LogP contribution in [0.3, 0.4) is 0 Å². The highest BCUT2D eigenvalue weighted by Gasteiger charge is 2.47. The summed E-state index contributed by atoms with van der Waals surface area (Å²) in [4.78, 5) is 33.0. The van der Waals surface area contributed by atoms with Gasteiger partial charge in [-0.1, -0.05) is 25.1 Å². The van der Waals surface area contributed by atoms with Crippen LogP contribution in [0.1, 0.15) is 51.7 Å². The minimum Gasteiger partial charge on any atom is -0.376 e. The van der Waals surface area contributed by atoms with Crippen molar-refractivity contribution < 1.29 is 19.9 Å². The van der Waals surface area contributed by atoms with Gasteiger partial charge in [0.15, 0.2) is 0 Å². The molecule has 1 aromatic heterocycles. The molecule has 2 aromatic rings. The summed E-state index contributed by atoms with van der Waals surface area (Å²) in [6.07, 6.45) is 0.475. The Morgan fingerprint density at radius 2 is 1.97 bits per heavy atom. The average Bonchev–Trinajstić information content (AvgIpc) is 3.25. The van der Waals surface area contributed by atoms with Gasteiger partial charge in [0.05, 0.1) is 0 Å². The summed E-state index contributed by atoms with van der Waals surface area (Å²) in [5, 5.41) is 1.87. The highest BCUT2D eigenvalue weighted by Crippen LogP contribution is 2.53.